The van der Waals surface area contributed by atoms with Crippen LogP contribution in [0.4, 0.5) is 0 Å². The highest BCUT2D eigenvalue weighted by atomic mass is 79.9. The van der Waals surface area contributed by atoms with Crippen LogP contribution in [0, 0.1) is 6.92 Å². The van der Waals surface area contributed by atoms with Crippen LogP contribution in [-0.4, -0.2) is 24.5 Å². The molecule has 0 saturated heterocycles. The molecule has 29 heavy (non-hydrogen) atoms. The summed E-state index contributed by atoms with van der Waals surface area (Å²) in [6, 6.07) is 19.4. The number of benzene rings is 2. The van der Waals surface area contributed by atoms with Crippen molar-refractivity contribution in [1.82, 2.24) is 24.5 Å². The standard InChI is InChI=1S/C22H16BrN5O/c1-14-6-2-4-8-18(14)28-22(29)21-20(26-28)17-7-3-5-9-19(17)27(25-21)13-16-11-10-15(23)12-24-16/h2-12H,13H2,1H3. The van der Waals surface area contributed by atoms with E-state index in [1.54, 1.807) is 6.20 Å². The first-order valence-electron chi connectivity index (χ1n) is 9.17. The van der Waals surface area contributed by atoms with E-state index in [-0.39, 0.29) is 5.56 Å². The summed E-state index contributed by atoms with van der Waals surface area (Å²) in [5.41, 5.74) is 4.23. The molecule has 7 heteroatoms. The number of nitrogens with zero attached hydrogens (tertiary/aromatic N) is 5. The molecule has 6 nitrogen and oxygen atoms in total. The molecule has 2 aromatic carbocycles. The summed E-state index contributed by atoms with van der Waals surface area (Å²) in [5.74, 6) is 0. The van der Waals surface area contributed by atoms with Gasteiger partial charge in [-0.15, -0.1) is 0 Å². The van der Waals surface area contributed by atoms with Crippen molar-refractivity contribution in [3.63, 3.8) is 0 Å². The fourth-order valence-electron chi connectivity index (χ4n) is 3.48. The lowest BCUT2D eigenvalue weighted by Crippen LogP contribution is -2.18. The minimum atomic E-state index is -0.224. The van der Waals surface area contributed by atoms with E-state index in [1.807, 2.05) is 72.3 Å². The number of halogens is 1. The maximum atomic E-state index is 13.2. The number of pyridine rings is 1. The number of hydrogen-bond donors (Lipinski definition) is 0. The van der Waals surface area contributed by atoms with E-state index in [9.17, 15) is 4.79 Å². The Morgan fingerprint density at radius 3 is 2.52 bits per heavy atom. The van der Waals surface area contributed by atoms with Gasteiger partial charge in [-0.3, -0.25) is 14.5 Å². The topological polar surface area (TPSA) is 65.6 Å². The zero-order valence-corrected chi connectivity index (χ0v) is 17.2. The first-order valence-corrected chi connectivity index (χ1v) is 9.96. The van der Waals surface area contributed by atoms with Crippen LogP contribution in [0.15, 0.2) is 76.1 Å². The van der Waals surface area contributed by atoms with Crippen LogP contribution < -0.4 is 5.56 Å². The van der Waals surface area contributed by atoms with Gasteiger partial charge in [-0.2, -0.15) is 14.9 Å². The Balaban J connectivity index is 1.76. The highest BCUT2D eigenvalue weighted by molar-refractivity contribution is 9.10. The summed E-state index contributed by atoms with van der Waals surface area (Å²) >= 11 is 3.41. The summed E-state index contributed by atoms with van der Waals surface area (Å²) in [7, 11) is 0. The van der Waals surface area contributed by atoms with Crippen LogP contribution in [0.1, 0.15) is 11.3 Å². The van der Waals surface area contributed by atoms with Crippen LogP contribution in [0.2, 0.25) is 0 Å². The van der Waals surface area contributed by atoms with Gasteiger partial charge in [0.25, 0.3) is 0 Å². The molecule has 0 aliphatic carbocycles. The van der Waals surface area contributed by atoms with Crippen molar-refractivity contribution in [2.24, 2.45) is 0 Å². The third kappa shape index (κ3) is 3.03. The minimum absolute atomic E-state index is 0.224. The molecule has 0 N–H and O–H groups in total. The molecule has 0 unspecified atom stereocenters. The second-order valence-corrected chi connectivity index (χ2v) is 7.76. The lowest BCUT2D eigenvalue weighted by Gasteiger charge is -2.11. The Hall–Kier alpha value is -3.32. The molecule has 0 spiro atoms. The number of rotatable bonds is 3. The lowest BCUT2D eigenvalue weighted by molar-refractivity contribution is 0.684. The van der Waals surface area contributed by atoms with Gasteiger partial charge in [-0.25, -0.2) is 0 Å². The van der Waals surface area contributed by atoms with E-state index < -0.39 is 0 Å². The van der Waals surface area contributed by atoms with E-state index >= 15 is 0 Å². The normalized spacial score (nSPS) is 11.4. The minimum Gasteiger partial charge on any atom is -0.265 e. The molecule has 2 aliphatic rings. The van der Waals surface area contributed by atoms with Crippen LogP contribution in [0.5, 0.6) is 0 Å². The lowest BCUT2D eigenvalue weighted by atomic mass is 10.1. The van der Waals surface area contributed by atoms with Crippen molar-refractivity contribution in [1.29, 1.82) is 0 Å². The summed E-state index contributed by atoms with van der Waals surface area (Å²) in [4.78, 5) is 17.6. The van der Waals surface area contributed by atoms with Crippen molar-refractivity contribution in [2.75, 3.05) is 0 Å². The fraction of sp³-hybridized carbons (Fsp3) is 0.0909. The molecule has 0 amide bonds. The van der Waals surface area contributed by atoms with Crippen molar-refractivity contribution in [3.8, 4) is 17.1 Å². The largest absolute Gasteiger partial charge is 0.301 e. The molecule has 0 saturated carbocycles. The zero-order chi connectivity index (χ0) is 20.0. The number of aryl methyl sites for hydroxylation is 1. The molecule has 0 radical (unpaired) electrons. The molecule has 0 atom stereocenters. The fourth-order valence-corrected chi connectivity index (χ4v) is 3.71. The van der Waals surface area contributed by atoms with Gasteiger partial charge in [-0.1, -0.05) is 36.4 Å². The molecule has 142 valence electrons. The monoisotopic (exact) mass is 445 g/mol. The number of aromatic nitrogens is 5. The molecule has 1 aromatic heterocycles. The Labute approximate surface area is 174 Å². The second kappa shape index (κ2) is 6.93. The van der Waals surface area contributed by atoms with Gasteiger partial charge in [0.2, 0.25) is 0 Å². The molecular weight excluding hydrogens is 430 g/mol. The van der Waals surface area contributed by atoms with Gasteiger partial charge in [0.1, 0.15) is 5.69 Å². The quantitative estimate of drug-likeness (QED) is 0.417. The second-order valence-electron chi connectivity index (χ2n) is 6.84. The molecule has 3 aromatic rings. The van der Waals surface area contributed by atoms with Crippen LogP contribution in [0.3, 0.4) is 0 Å². The van der Waals surface area contributed by atoms with Crippen molar-refractivity contribution < 1.29 is 0 Å². The molecule has 0 fully saturated rings. The third-order valence-corrected chi connectivity index (χ3v) is 5.39. The number of para-hydroxylation sites is 2. The van der Waals surface area contributed by atoms with E-state index in [1.165, 1.54) is 4.68 Å². The predicted octanol–water partition coefficient (Wildman–Crippen LogP) is 4.20. The highest BCUT2D eigenvalue weighted by Crippen LogP contribution is 2.26. The molecule has 3 heterocycles. The predicted molar refractivity (Wildman–Crippen MR) is 116 cm³/mol. The summed E-state index contributed by atoms with van der Waals surface area (Å²) in [5, 5.41) is 10.2. The summed E-state index contributed by atoms with van der Waals surface area (Å²) in [6.07, 6.45) is 1.76. The van der Waals surface area contributed by atoms with Crippen LogP contribution in [0.25, 0.3) is 28.0 Å². The van der Waals surface area contributed by atoms with Gasteiger partial charge in [-0.05, 0) is 52.7 Å². The molecular formula is C22H16BrN5O. The first-order chi connectivity index (χ1) is 14.1. The van der Waals surface area contributed by atoms with E-state index in [2.05, 4.69) is 31.1 Å². The van der Waals surface area contributed by atoms with Gasteiger partial charge in [0.05, 0.1) is 23.4 Å². The Bertz CT molecular complexity index is 1370. The Morgan fingerprint density at radius 2 is 1.72 bits per heavy atom. The summed E-state index contributed by atoms with van der Waals surface area (Å²) in [6.45, 7) is 2.42. The Kier molecular flexibility index (Phi) is 4.24. The average molecular weight is 446 g/mol. The SMILES string of the molecule is Cc1ccccc1-n1nc2c3ccccc3n(Cc3ccc(Br)cn3)nc-2c1=O. The number of hydrogen-bond acceptors (Lipinski definition) is 4. The van der Waals surface area contributed by atoms with E-state index in [0.717, 1.165) is 32.3 Å². The van der Waals surface area contributed by atoms with Gasteiger partial charge in [0, 0.05) is 16.1 Å². The smallest absolute Gasteiger partial charge is 0.265 e. The summed E-state index contributed by atoms with van der Waals surface area (Å²) < 4.78 is 4.18. The number of fused-ring (bicyclic) bond motifs is 3. The Morgan fingerprint density at radius 1 is 0.931 bits per heavy atom. The van der Waals surface area contributed by atoms with Crippen LogP contribution >= 0.6 is 15.9 Å². The van der Waals surface area contributed by atoms with Crippen LogP contribution in [-0.2, 0) is 6.54 Å². The molecule has 2 aliphatic heterocycles. The third-order valence-electron chi connectivity index (χ3n) is 4.92. The average Bonchev–Trinajstić information content (AvgIpc) is 3.07. The maximum Gasteiger partial charge on any atom is 0.301 e. The molecule has 5 rings (SSSR count). The highest BCUT2D eigenvalue weighted by Gasteiger charge is 2.23. The van der Waals surface area contributed by atoms with Gasteiger partial charge < -0.3 is 0 Å². The van der Waals surface area contributed by atoms with Gasteiger partial charge in [0.15, 0.2) is 5.69 Å². The van der Waals surface area contributed by atoms with Crippen molar-refractivity contribution in [3.05, 3.63) is 92.9 Å². The van der Waals surface area contributed by atoms with Gasteiger partial charge >= 0.3 is 5.56 Å². The van der Waals surface area contributed by atoms with Crippen molar-refractivity contribution in [2.45, 2.75) is 13.5 Å². The maximum absolute atomic E-state index is 13.2. The van der Waals surface area contributed by atoms with E-state index in [0.29, 0.717) is 17.9 Å². The van der Waals surface area contributed by atoms with E-state index in [4.69, 9.17) is 0 Å². The first kappa shape index (κ1) is 17.8. The van der Waals surface area contributed by atoms with Crippen molar-refractivity contribution >= 4 is 26.8 Å². The molecule has 0 bridgehead atoms. The zero-order valence-electron chi connectivity index (χ0n) is 15.6.